The van der Waals surface area contributed by atoms with Crippen LogP contribution in [0.2, 0.25) is 0 Å². The van der Waals surface area contributed by atoms with Crippen molar-refractivity contribution in [3.8, 4) is 0 Å². The Morgan fingerprint density at radius 2 is 2.11 bits per heavy atom. The standard InChI is InChI=1S/C14H20N2O3/c1-18-11-12-4-2-3-5-13(12)15-10-14(17)16-6-8-19-9-7-16/h2-5,15H,6-11H2,1H3. The Balaban J connectivity index is 1.89. The number of carbonyl (C=O) groups excluding carboxylic acids is 1. The molecule has 0 saturated carbocycles. The predicted molar refractivity (Wildman–Crippen MR) is 73.0 cm³/mol. The zero-order valence-corrected chi connectivity index (χ0v) is 11.2. The predicted octanol–water partition coefficient (Wildman–Crippen LogP) is 1.10. The molecule has 0 atom stereocenters. The lowest BCUT2D eigenvalue weighted by Crippen LogP contribution is -2.43. The normalized spacial score (nSPS) is 15.3. The highest BCUT2D eigenvalue weighted by Gasteiger charge is 2.16. The van der Waals surface area contributed by atoms with E-state index in [9.17, 15) is 4.79 Å². The Morgan fingerprint density at radius 3 is 2.84 bits per heavy atom. The lowest BCUT2D eigenvalue weighted by Gasteiger charge is -2.27. The Bertz CT molecular complexity index is 417. The van der Waals surface area contributed by atoms with Gasteiger partial charge in [0.1, 0.15) is 0 Å². The van der Waals surface area contributed by atoms with E-state index >= 15 is 0 Å². The molecule has 0 bridgehead atoms. The van der Waals surface area contributed by atoms with Gasteiger partial charge in [-0.05, 0) is 6.07 Å². The summed E-state index contributed by atoms with van der Waals surface area (Å²) in [5.41, 5.74) is 2.01. The average molecular weight is 264 g/mol. The van der Waals surface area contributed by atoms with Crippen LogP contribution in [0.5, 0.6) is 0 Å². The van der Waals surface area contributed by atoms with E-state index in [-0.39, 0.29) is 5.91 Å². The number of rotatable bonds is 5. The van der Waals surface area contributed by atoms with E-state index in [0.717, 1.165) is 11.3 Å². The summed E-state index contributed by atoms with van der Waals surface area (Å²) in [5.74, 6) is 0.107. The number of hydrogen-bond donors (Lipinski definition) is 1. The maximum atomic E-state index is 12.0. The van der Waals surface area contributed by atoms with E-state index in [2.05, 4.69) is 5.32 Å². The number of hydrogen-bond acceptors (Lipinski definition) is 4. The quantitative estimate of drug-likeness (QED) is 0.865. The third-order valence-electron chi connectivity index (χ3n) is 3.11. The van der Waals surface area contributed by atoms with E-state index in [0.29, 0.717) is 39.5 Å². The summed E-state index contributed by atoms with van der Waals surface area (Å²) in [5, 5.41) is 3.18. The Hall–Kier alpha value is -1.59. The lowest BCUT2D eigenvalue weighted by atomic mass is 10.2. The first-order chi connectivity index (χ1) is 9.31. The number of nitrogens with zero attached hydrogens (tertiary/aromatic N) is 1. The largest absolute Gasteiger partial charge is 0.380 e. The molecular weight excluding hydrogens is 244 g/mol. The van der Waals surface area contributed by atoms with Crippen LogP contribution in [0.1, 0.15) is 5.56 Å². The minimum atomic E-state index is 0.107. The molecule has 1 saturated heterocycles. The molecule has 1 aliphatic rings. The van der Waals surface area contributed by atoms with Crippen LogP contribution in [0, 0.1) is 0 Å². The smallest absolute Gasteiger partial charge is 0.242 e. The second-order valence-corrected chi connectivity index (χ2v) is 4.44. The first-order valence-electron chi connectivity index (χ1n) is 6.47. The fourth-order valence-electron chi connectivity index (χ4n) is 2.07. The van der Waals surface area contributed by atoms with Crippen molar-refractivity contribution in [1.82, 2.24) is 4.90 Å². The number of ether oxygens (including phenoxy) is 2. The Labute approximate surface area is 113 Å². The van der Waals surface area contributed by atoms with Crippen LogP contribution in [0.15, 0.2) is 24.3 Å². The van der Waals surface area contributed by atoms with Gasteiger partial charge in [0.05, 0.1) is 26.4 Å². The number of anilines is 1. The summed E-state index contributed by atoms with van der Waals surface area (Å²) >= 11 is 0. The molecule has 5 nitrogen and oxygen atoms in total. The first-order valence-corrected chi connectivity index (χ1v) is 6.47. The van der Waals surface area contributed by atoms with E-state index < -0.39 is 0 Å². The van der Waals surface area contributed by atoms with Gasteiger partial charge in [-0.3, -0.25) is 4.79 Å². The van der Waals surface area contributed by atoms with Crippen LogP contribution in [0.4, 0.5) is 5.69 Å². The van der Waals surface area contributed by atoms with Gasteiger partial charge in [0, 0.05) is 31.5 Å². The van der Waals surface area contributed by atoms with E-state index in [1.807, 2.05) is 29.2 Å². The fourth-order valence-corrected chi connectivity index (χ4v) is 2.07. The second kappa shape index (κ2) is 7.11. The molecule has 0 aromatic heterocycles. The molecule has 0 aliphatic carbocycles. The molecule has 1 amide bonds. The molecule has 1 N–H and O–H groups in total. The van der Waals surface area contributed by atoms with Crippen molar-refractivity contribution in [1.29, 1.82) is 0 Å². The van der Waals surface area contributed by atoms with Crippen molar-refractivity contribution < 1.29 is 14.3 Å². The van der Waals surface area contributed by atoms with Gasteiger partial charge in [-0.1, -0.05) is 18.2 Å². The van der Waals surface area contributed by atoms with E-state index in [4.69, 9.17) is 9.47 Å². The molecule has 1 heterocycles. The van der Waals surface area contributed by atoms with Gasteiger partial charge in [0.15, 0.2) is 0 Å². The number of para-hydroxylation sites is 1. The molecule has 0 unspecified atom stereocenters. The average Bonchev–Trinajstić information content (AvgIpc) is 2.47. The van der Waals surface area contributed by atoms with Crippen molar-refractivity contribution in [2.75, 3.05) is 45.3 Å². The summed E-state index contributed by atoms with van der Waals surface area (Å²) in [6, 6.07) is 7.86. The summed E-state index contributed by atoms with van der Waals surface area (Å²) < 4.78 is 10.4. The highest BCUT2D eigenvalue weighted by atomic mass is 16.5. The summed E-state index contributed by atoms with van der Waals surface area (Å²) in [4.78, 5) is 13.8. The number of nitrogens with one attached hydrogen (secondary N) is 1. The van der Waals surface area contributed by atoms with Crippen LogP contribution in [-0.4, -0.2) is 50.8 Å². The molecule has 0 radical (unpaired) electrons. The first kappa shape index (κ1) is 13.8. The molecule has 104 valence electrons. The van der Waals surface area contributed by atoms with Crippen molar-refractivity contribution >= 4 is 11.6 Å². The van der Waals surface area contributed by atoms with Crippen LogP contribution in [0.3, 0.4) is 0 Å². The highest BCUT2D eigenvalue weighted by Crippen LogP contribution is 2.15. The van der Waals surface area contributed by atoms with E-state index in [1.165, 1.54) is 0 Å². The van der Waals surface area contributed by atoms with Gasteiger partial charge in [-0.2, -0.15) is 0 Å². The van der Waals surface area contributed by atoms with E-state index in [1.54, 1.807) is 7.11 Å². The number of amides is 1. The van der Waals surface area contributed by atoms with Crippen LogP contribution in [-0.2, 0) is 20.9 Å². The molecule has 19 heavy (non-hydrogen) atoms. The number of morpholine rings is 1. The third-order valence-corrected chi connectivity index (χ3v) is 3.11. The lowest BCUT2D eigenvalue weighted by molar-refractivity contribution is -0.133. The molecule has 1 aromatic carbocycles. The van der Waals surface area contributed by atoms with Gasteiger partial charge in [0.25, 0.3) is 0 Å². The second-order valence-electron chi connectivity index (χ2n) is 4.44. The topological polar surface area (TPSA) is 50.8 Å². The molecule has 2 rings (SSSR count). The zero-order chi connectivity index (χ0) is 13.5. The summed E-state index contributed by atoms with van der Waals surface area (Å²) in [6.45, 7) is 3.47. The minimum Gasteiger partial charge on any atom is -0.380 e. The molecular formula is C14H20N2O3. The van der Waals surface area contributed by atoms with Crippen molar-refractivity contribution in [2.24, 2.45) is 0 Å². The molecule has 1 aliphatic heterocycles. The molecule has 5 heteroatoms. The number of carbonyl (C=O) groups is 1. The van der Waals surface area contributed by atoms with Crippen molar-refractivity contribution in [2.45, 2.75) is 6.61 Å². The van der Waals surface area contributed by atoms with Gasteiger partial charge >= 0.3 is 0 Å². The van der Waals surface area contributed by atoms with Crippen LogP contribution < -0.4 is 5.32 Å². The monoisotopic (exact) mass is 264 g/mol. The molecule has 1 aromatic rings. The maximum Gasteiger partial charge on any atom is 0.242 e. The van der Waals surface area contributed by atoms with Gasteiger partial charge < -0.3 is 19.7 Å². The number of methoxy groups -OCH3 is 1. The highest BCUT2D eigenvalue weighted by molar-refractivity contribution is 5.81. The van der Waals surface area contributed by atoms with Crippen LogP contribution in [0.25, 0.3) is 0 Å². The number of benzene rings is 1. The third kappa shape index (κ3) is 3.94. The van der Waals surface area contributed by atoms with Crippen molar-refractivity contribution in [3.05, 3.63) is 29.8 Å². The molecule has 0 spiro atoms. The molecule has 1 fully saturated rings. The fraction of sp³-hybridized carbons (Fsp3) is 0.500. The SMILES string of the molecule is COCc1ccccc1NCC(=O)N1CCOCC1. The van der Waals surface area contributed by atoms with Crippen LogP contribution >= 0.6 is 0 Å². The Kier molecular flexibility index (Phi) is 5.18. The summed E-state index contributed by atoms with van der Waals surface area (Å²) in [7, 11) is 1.66. The van der Waals surface area contributed by atoms with Gasteiger partial charge in [0.2, 0.25) is 5.91 Å². The maximum absolute atomic E-state index is 12.0. The van der Waals surface area contributed by atoms with Gasteiger partial charge in [-0.25, -0.2) is 0 Å². The summed E-state index contributed by atoms with van der Waals surface area (Å²) in [6.07, 6.45) is 0. The van der Waals surface area contributed by atoms with Gasteiger partial charge in [-0.15, -0.1) is 0 Å². The Morgan fingerprint density at radius 1 is 1.37 bits per heavy atom. The zero-order valence-electron chi connectivity index (χ0n) is 11.2. The minimum absolute atomic E-state index is 0.107. The van der Waals surface area contributed by atoms with Crippen molar-refractivity contribution in [3.63, 3.8) is 0 Å².